The molecule has 0 aromatic heterocycles. The molecule has 1 aliphatic carbocycles. The van der Waals surface area contributed by atoms with E-state index in [0.29, 0.717) is 11.7 Å². The number of carbonyl (C=O) groups excluding carboxylic acids is 1. The van der Waals surface area contributed by atoms with Gasteiger partial charge in [-0.05, 0) is 18.3 Å². The minimum absolute atomic E-state index is 0.256. The largest absolute Gasteiger partial charge is 0.299 e. The minimum atomic E-state index is 0.256. The summed E-state index contributed by atoms with van der Waals surface area (Å²) >= 11 is 0. The van der Waals surface area contributed by atoms with Crippen molar-refractivity contribution in [2.75, 3.05) is 0 Å². The topological polar surface area (TPSA) is 17.1 Å². The van der Waals surface area contributed by atoms with Crippen molar-refractivity contribution in [3.8, 4) is 0 Å². The van der Waals surface area contributed by atoms with Gasteiger partial charge in [-0.25, -0.2) is 0 Å². The van der Waals surface area contributed by atoms with E-state index in [4.69, 9.17) is 0 Å². The highest BCUT2D eigenvalue weighted by Crippen LogP contribution is 2.32. The van der Waals surface area contributed by atoms with E-state index in [1.807, 2.05) is 0 Å². The summed E-state index contributed by atoms with van der Waals surface area (Å²) < 4.78 is 0. The number of hydrogen-bond donors (Lipinski definition) is 0. The minimum Gasteiger partial charge on any atom is -0.299 e. The van der Waals surface area contributed by atoms with Crippen LogP contribution in [0.15, 0.2) is 0 Å². The zero-order chi connectivity index (χ0) is 9.19. The van der Waals surface area contributed by atoms with Crippen LogP contribution in [0.2, 0.25) is 0 Å². The Labute approximate surface area is 75.5 Å². The summed E-state index contributed by atoms with van der Waals surface area (Å²) in [5.41, 5.74) is 0.256. The molecule has 0 N–H and O–H groups in total. The van der Waals surface area contributed by atoms with E-state index in [0.717, 1.165) is 12.8 Å². The van der Waals surface area contributed by atoms with Gasteiger partial charge in [0.05, 0.1) is 0 Å². The maximum atomic E-state index is 11.6. The highest BCUT2D eigenvalue weighted by atomic mass is 16.1. The summed E-state index contributed by atoms with van der Waals surface area (Å²) in [6.07, 6.45) is 5.63. The Kier molecular flexibility index (Phi) is 2.92. The molecule has 0 radical (unpaired) electrons. The van der Waals surface area contributed by atoms with Gasteiger partial charge in [0.1, 0.15) is 5.78 Å². The quantitative estimate of drug-likeness (QED) is 0.543. The van der Waals surface area contributed by atoms with Crippen LogP contribution in [0.1, 0.15) is 52.9 Å². The van der Waals surface area contributed by atoms with Gasteiger partial charge in [0.2, 0.25) is 0 Å². The third kappa shape index (κ3) is 2.62. The molecule has 1 aliphatic rings. The fraction of sp³-hybridized carbons (Fsp3) is 0.909. The van der Waals surface area contributed by atoms with E-state index in [-0.39, 0.29) is 5.41 Å². The van der Waals surface area contributed by atoms with Crippen LogP contribution in [-0.2, 0) is 4.79 Å². The first-order valence-electron chi connectivity index (χ1n) is 5.04. The predicted octanol–water partition coefficient (Wildman–Crippen LogP) is 3.18. The number of ketones is 1. The van der Waals surface area contributed by atoms with Crippen molar-refractivity contribution in [2.24, 2.45) is 11.3 Å². The van der Waals surface area contributed by atoms with Gasteiger partial charge in [0.25, 0.3) is 0 Å². The molecule has 1 fully saturated rings. The number of Topliss-reactive ketones (excluding diaryl/α,β-unsaturated/α-hetero) is 1. The molecule has 1 heteroatoms. The lowest BCUT2D eigenvalue weighted by atomic mass is 9.76. The van der Waals surface area contributed by atoms with E-state index in [1.165, 1.54) is 19.3 Å². The molecule has 0 aromatic carbocycles. The normalized spacial score (nSPS) is 30.9. The van der Waals surface area contributed by atoms with Gasteiger partial charge in [-0.1, -0.05) is 33.6 Å². The molecule has 1 unspecified atom stereocenters. The molecule has 0 aromatic rings. The van der Waals surface area contributed by atoms with Crippen molar-refractivity contribution in [3.05, 3.63) is 0 Å². The van der Waals surface area contributed by atoms with Crippen molar-refractivity contribution in [2.45, 2.75) is 52.9 Å². The standard InChI is InChI=1S/C11H20O/c1-9-6-4-5-7-11(2,3)8-10(9)12/h9H,4-8H2,1-3H3. The van der Waals surface area contributed by atoms with E-state index in [2.05, 4.69) is 20.8 Å². The Balaban J connectivity index is 2.59. The van der Waals surface area contributed by atoms with Crippen LogP contribution in [-0.4, -0.2) is 5.78 Å². The van der Waals surface area contributed by atoms with Crippen LogP contribution >= 0.6 is 0 Å². The summed E-state index contributed by atoms with van der Waals surface area (Å²) in [5.74, 6) is 0.782. The van der Waals surface area contributed by atoms with Gasteiger partial charge >= 0.3 is 0 Å². The summed E-state index contributed by atoms with van der Waals surface area (Å²) in [6.45, 7) is 6.50. The molecule has 0 heterocycles. The van der Waals surface area contributed by atoms with E-state index in [1.54, 1.807) is 0 Å². The summed E-state index contributed by atoms with van der Waals surface area (Å²) in [7, 11) is 0. The van der Waals surface area contributed by atoms with Crippen molar-refractivity contribution in [1.82, 2.24) is 0 Å². The molecule has 1 rings (SSSR count). The average Bonchev–Trinajstić information content (AvgIpc) is 1.95. The maximum Gasteiger partial charge on any atom is 0.136 e. The Morgan fingerprint density at radius 2 is 2.00 bits per heavy atom. The zero-order valence-electron chi connectivity index (χ0n) is 8.52. The Bertz CT molecular complexity index is 170. The van der Waals surface area contributed by atoms with E-state index >= 15 is 0 Å². The fourth-order valence-corrected chi connectivity index (χ4v) is 1.95. The number of carbonyl (C=O) groups is 1. The molecule has 1 saturated carbocycles. The second kappa shape index (κ2) is 3.59. The Hall–Kier alpha value is -0.330. The molecule has 0 amide bonds. The Morgan fingerprint density at radius 1 is 1.33 bits per heavy atom. The van der Waals surface area contributed by atoms with Gasteiger partial charge in [0.15, 0.2) is 0 Å². The second-order valence-corrected chi connectivity index (χ2v) is 4.95. The van der Waals surface area contributed by atoms with Crippen LogP contribution in [0.3, 0.4) is 0 Å². The highest BCUT2D eigenvalue weighted by Gasteiger charge is 2.26. The lowest BCUT2D eigenvalue weighted by molar-refractivity contribution is -0.125. The van der Waals surface area contributed by atoms with Crippen LogP contribution in [0.25, 0.3) is 0 Å². The molecule has 12 heavy (non-hydrogen) atoms. The molecule has 70 valence electrons. The van der Waals surface area contributed by atoms with Crippen molar-refractivity contribution in [3.63, 3.8) is 0 Å². The number of hydrogen-bond acceptors (Lipinski definition) is 1. The molecular weight excluding hydrogens is 148 g/mol. The summed E-state index contributed by atoms with van der Waals surface area (Å²) in [5, 5.41) is 0. The SMILES string of the molecule is CC1CCCCC(C)(C)CC1=O. The van der Waals surface area contributed by atoms with E-state index < -0.39 is 0 Å². The van der Waals surface area contributed by atoms with Crippen molar-refractivity contribution < 1.29 is 4.79 Å². The van der Waals surface area contributed by atoms with Crippen LogP contribution in [0.5, 0.6) is 0 Å². The first-order valence-corrected chi connectivity index (χ1v) is 5.04. The first-order chi connectivity index (χ1) is 5.51. The Morgan fingerprint density at radius 3 is 2.67 bits per heavy atom. The maximum absolute atomic E-state index is 11.6. The van der Waals surface area contributed by atoms with Crippen LogP contribution < -0.4 is 0 Å². The summed E-state index contributed by atoms with van der Waals surface area (Å²) in [4.78, 5) is 11.6. The van der Waals surface area contributed by atoms with Gasteiger partial charge in [-0.3, -0.25) is 4.79 Å². The zero-order valence-corrected chi connectivity index (χ0v) is 8.52. The van der Waals surface area contributed by atoms with Gasteiger partial charge in [-0.15, -0.1) is 0 Å². The molecule has 0 saturated heterocycles. The highest BCUT2D eigenvalue weighted by molar-refractivity contribution is 5.81. The smallest absolute Gasteiger partial charge is 0.136 e. The van der Waals surface area contributed by atoms with Crippen LogP contribution in [0.4, 0.5) is 0 Å². The van der Waals surface area contributed by atoms with Gasteiger partial charge in [0, 0.05) is 12.3 Å². The van der Waals surface area contributed by atoms with Gasteiger partial charge in [-0.2, -0.15) is 0 Å². The lowest BCUT2D eigenvalue weighted by Crippen LogP contribution is -2.23. The van der Waals surface area contributed by atoms with E-state index in [9.17, 15) is 4.79 Å². The molecule has 1 atom stereocenters. The molecular formula is C11H20O. The lowest BCUT2D eigenvalue weighted by Gasteiger charge is -2.28. The molecule has 0 bridgehead atoms. The third-order valence-corrected chi connectivity index (χ3v) is 2.94. The second-order valence-electron chi connectivity index (χ2n) is 4.95. The molecule has 0 aliphatic heterocycles. The van der Waals surface area contributed by atoms with Crippen molar-refractivity contribution in [1.29, 1.82) is 0 Å². The van der Waals surface area contributed by atoms with Crippen molar-refractivity contribution >= 4 is 5.78 Å². The average molecular weight is 168 g/mol. The monoisotopic (exact) mass is 168 g/mol. The van der Waals surface area contributed by atoms with Gasteiger partial charge < -0.3 is 0 Å². The fourth-order valence-electron chi connectivity index (χ4n) is 1.95. The predicted molar refractivity (Wildman–Crippen MR) is 51.0 cm³/mol. The van der Waals surface area contributed by atoms with Crippen LogP contribution in [0, 0.1) is 11.3 Å². The number of rotatable bonds is 0. The third-order valence-electron chi connectivity index (χ3n) is 2.94. The molecule has 1 nitrogen and oxygen atoms in total. The molecule has 0 spiro atoms. The first kappa shape index (κ1) is 9.76. The summed E-state index contributed by atoms with van der Waals surface area (Å²) in [6, 6.07) is 0.